The third kappa shape index (κ3) is 3.97. The normalized spacial score (nSPS) is 17.9. The molecule has 1 N–H and O–H groups in total. The van der Waals surface area contributed by atoms with Gasteiger partial charge in [-0.25, -0.2) is 0 Å². The van der Waals surface area contributed by atoms with Gasteiger partial charge in [0.15, 0.2) is 0 Å². The number of carbonyl (C=O) groups excluding carboxylic acids is 2. The number of anilines is 1. The minimum Gasteiger partial charge on any atom is -0.495 e. The maximum absolute atomic E-state index is 13.4. The Hall–Kier alpha value is -3.32. The van der Waals surface area contributed by atoms with Crippen molar-refractivity contribution in [2.45, 2.75) is 26.3 Å². The topological polar surface area (TPSA) is 78.5 Å². The van der Waals surface area contributed by atoms with Crippen LogP contribution in [0, 0.1) is 12.8 Å². The molecule has 3 heterocycles. The zero-order valence-electron chi connectivity index (χ0n) is 18.6. The van der Waals surface area contributed by atoms with E-state index in [1.54, 1.807) is 12.0 Å². The number of halogens is 1. The number of nitrogens with zero attached hydrogens (tertiary/aromatic N) is 3. The Labute approximate surface area is 197 Å². The Morgan fingerprint density at radius 1 is 1.24 bits per heavy atom. The Balaban J connectivity index is 1.35. The van der Waals surface area contributed by atoms with Crippen molar-refractivity contribution in [2.75, 3.05) is 25.1 Å². The Bertz CT molecular complexity index is 1240. The van der Waals surface area contributed by atoms with E-state index in [4.69, 9.17) is 16.3 Å². The van der Waals surface area contributed by atoms with E-state index in [0.29, 0.717) is 36.8 Å². The number of aromatic amines is 1. The molecule has 3 aromatic rings. The minimum atomic E-state index is -0.384. The van der Waals surface area contributed by atoms with Crippen LogP contribution in [0.15, 0.2) is 42.5 Å². The molecular formula is C25H25ClN4O3. The summed E-state index contributed by atoms with van der Waals surface area (Å²) in [5.74, 6) is 0.194. The predicted octanol–water partition coefficient (Wildman–Crippen LogP) is 3.98. The molecule has 7 nitrogen and oxygen atoms in total. The Kier molecular flexibility index (Phi) is 5.58. The summed E-state index contributed by atoms with van der Waals surface area (Å²) in [7, 11) is 1.59. The van der Waals surface area contributed by atoms with Crippen LogP contribution >= 0.6 is 11.6 Å². The number of ether oxygens (including phenoxy) is 1. The zero-order chi connectivity index (χ0) is 23.1. The van der Waals surface area contributed by atoms with Crippen LogP contribution in [0.2, 0.25) is 5.02 Å². The lowest BCUT2D eigenvalue weighted by molar-refractivity contribution is -0.136. The Morgan fingerprint density at radius 2 is 2.09 bits per heavy atom. The number of hydrogen-bond donors (Lipinski definition) is 1. The van der Waals surface area contributed by atoms with Gasteiger partial charge in [-0.05, 0) is 36.8 Å². The highest BCUT2D eigenvalue weighted by molar-refractivity contribution is 6.30. The average molecular weight is 465 g/mol. The molecule has 1 saturated heterocycles. The van der Waals surface area contributed by atoms with Gasteiger partial charge in [0.1, 0.15) is 5.75 Å². The summed E-state index contributed by atoms with van der Waals surface area (Å²) in [5, 5.41) is 8.26. The van der Waals surface area contributed by atoms with Gasteiger partial charge in [-0.15, -0.1) is 0 Å². The van der Waals surface area contributed by atoms with E-state index < -0.39 is 0 Å². The quantitative estimate of drug-likeness (QED) is 0.633. The first kappa shape index (κ1) is 21.5. The van der Waals surface area contributed by atoms with E-state index >= 15 is 0 Å². The predicted molar refractivity (Wildman–Crippen MR) is 126 cm³/mol. The number of fused-ring (bicyclic) bond motifs is 1. The molecule has 1 fully saturated rings. The molecule has 0 spiro atoms. The molecule has 1 atom stereocenters. The summed E-state index contributed by atoms with van der Waals surface area (Å²) in [6, 6.07) is 13.3. The molecule has 33 heavy (non-hydrogen) atoms. The van der Waals surface area contributed by atoms with Gasteiger partial charge in [-0.3, -0.25) is 14.7 Å². The summed E-state index contributed by atoms with van der Waals surface area (Å²) in [5.41, 5.74) is 5.55. The zero-order valence-corrected chi connectivity index (χ0v) is 19.4. The second kappa shape index (κ2) is 8.56. The van der Waals surface area contributed by atoms with Crippen LogP contribution in [-0.2, 0) is 22.6 Å². The van der Waals surface area contributed by atoms with Crippen LogP contribution < -0.4 is 9.64 Å². The van der Waals surface area contributed by atoms with Crippen molar-refractivity contribution in [1.82, 2.24) is 15.1 Å². The monoisotopic (exact) mass is 464 g/mol. The minimum absolute atomic E-state index is 0.00126. The van der Waals surface area contributed by atoms with Crippen LogP contribution in [0.1, 0.15) is 23.2 Å². The number of aromatic nitrogens is 2. The van der Waals surface area contributed by atoms with Crippen molar-refractivity contribution >= 4 is 29.1 Å². The van der Waals surface area contributed by atoms with Crippen molar-refractivity contribution < 1.29 is 14.3 Å². The van der Waals surface area contributed by atoms with Gasteiger partial charge >= 0.3 is 0 Å². The molecule has 2 aliphatic rings. The molecule has 8 heteroatoms. The number of benzene rings is 2. The molecule has 0 aliphatic carbocycles. The van der Waals surface area contributed by atoms with Crippen molar-refractivity contribution in [3.63, 3.8) is 0 Å². The highest BCUT2D eigenvalue weighted by atomic mass is 35.5. The second-order valence-electron chi connectivity index (χ2n) is 8.63. The molecule has 5 rings (SSSR count). The number of H-pyrrole nitrogens is 1. The van der Waals surface area contributed by atoms with Gasteiger partial charge in [-0.2, -0.15) is 5.10 Å². The molecule has 1 aromatic heterocycles. The first-order valence-electron chi connectivity index (χ1n) is 11.0. The third-order valence-corrected chi connectivity index (χ3v) is 6.68. The first-order valence-corrected chi connectivity index (χ1v) is 11.4. The third-order valence-electron chi connectivity index (χ3n) is 6.44. The Morgan fingerprint density at radius 3 is 2.88 bits per heavy atom. The molecule has 0 saturated carbocycles. The van der Waals surface area contributed by atoms with E-state index in [2.05, 4.69) is 10.2 Å². The van der Waals surface area contributed by atoms with E-state index in [0.717, 1.165) is 33.8 Å². The molecule has 0 radical (unpaired) electrons. The molecule has 0 bridgehead atoms. The van der Waals surface area contributed by atoms with Gasteiger partial charge in [-0.1, -0.05) is 29.8 Å². The first-order chi connectivity index (χ1) is 15.9. The fraction of sp³-hybridized carbons (Fsp3) is 0.320. The number of aryl methyl sites for hydroxylation is 1. The number of methoxy groups -OCH3 is 1. The van der Waals surface area contributed by atoms with E-state index in [1.165, 1.54) is 0 Å². The summed E-state index contributed by atoms with van der Waals surface area (Å²) in [6.45, 7) is 3.39. The van der Waals surface area contributed by atoms with Gasteiger partial charge in [0.25, 0.3) is 0 Å². The van der Waals surface area contributed by atoms with Crippen molar-refractivity contribution in [2.24, 2.45) is 5.92 Å². The van der Waals surface area contributed by atoms with Crippen LogP contribution in [0.4, 0.5) is 5.69 Å². The molecule has 170 valence electrons. The van der Waals surface area contributed by atoms with Gasteiger partial charge in [0.05, 0.1) is 24.4 Å². The summed E-state index contributed by atoms with van der Waals surface area (Å²) < 4.78 is 5.46. The van der Waals surface area contributed by atoms with Crippen LogP contribution in [0.25, 0.3) is 11.3 Å². The van der Waals surface area contributed by atoms with Crippen molar-refractivity contribution in [1.29, 1.82) is 0 Å². The van der Waals surface area contributed by atoms with Gasteiger partial charge in [0.2, 0.25) is 11.8 Å². The molecule has 2 amide bonds. The summed E-state index contributed by atoms with van der Waals surface area (Å²) in [4.78, 5) is 29.8. The number of amides is 2. The fourth-order valence-corrected chi connectivity index (χ4v) is 4.92. The maximum Gasteiger partial charge on any atom is 0.228 e. The SMILES string of the molecule is COc1ccc(C)cc1N1CC(C(=O)N2CCc3[nH]nc(-c4cccc(Cl)c4)c3C2)CC1=O. The van der Waals surface area contributed by atoms with Crippen molar-refractivity contribution in [3.05, 3.63) is 64.3 Å². The fourth-order valence-electron chi connectivity index (χ4n) is 4.73. The van der Waals surface area contributed by atoms with Crippen LogP contribution in [-0.4, -0.2) is 47.1 Å². The summed E-state index contributed by atoms with van der Waals surface area (Å²) in [6.07, 6.45) is 0.899. The highest BCUT2D eigenvalue weighted by Crippen LogP contribution is 2.35. The maximum atomic E-state index is 13.4. The largest absolute Gasteiger partial charge is 0.495 e. The molecule has 2 aliphatic heterocycles. The lowest BCUT2D eigenvalue weighted by atomic mass is 9.99. The van der Waals surface area contributed by atoms with E-state index in [9.17, 15) is 9.59 Å². The molecular weight excluding hydrogens is 440 g/mol. The van der Waals surface area contributed by atoms with Crippen molar-refractivity contribution in [3.8, 4) is 17.0 Å². The number of hydrogen-bond acceptors (Lipinski definition) is 4. The average Bonchev–Trinajstić information content (AvgIpc) is 3.41. The van der Waals surface area contributed by atoms with Gasteiger partial charge < -0.3 is 14.5 Å². The lowest BCUT2D eigenvalue weighted by Crippen LogP contribution is -2.40. The second-order valence-corrected chi connectivity index (χ2v) is 9.07. The smallest absolute Gasteiger partial charge is 0.228 e. The number of carbonyl (C=O) groups is 2. The molecule has 1 unspecified atom stereocenters. The van der Waals surface area contributed by atoms with E-state index in [-0.39, 0.29) is 24.2 Å². The van der Waals surface area contributed by atoms with E-state index in [1.807, 2.05) is 54.3 Å². The van der Waals surface area contributed by atoms with Crippen LogP contribution in [0.5, 0.6) is 5.75 Å². The van der Waals surface area contributed by atoms with Crippen LogP contribution in [0.3, 0.4) is 0 Å². The lowest BCUT2D eigenvalue weighted by Gasteiger charge is -2.29. The highest BCUT2D eigenvalue weighted by Gasteiger charge is 2.39. The number of nitrogens with one attached hydrogen (secondary N) is 1. The summed E-state index contributed by atoms with van der Waals surface area (Å²) >= 11 is 6.17. The molecule has 2 aromatic carbocycles. The standard InChI is InChI=1S/C25H25ClN4O3/c1-15-6-7-22(33-2)21(10-15)30-13-17(12-23(30)31)25(32)29-9-8-20-19(14-29)24(28-27-20)16-4-3-5-18(26)11-16/h3-7,10-11,17H,8-9,12-14H2,1-2H3,(H,27,28). The van der Waals surface area contributed by atoms with Gasteiger partial charge in [0, 0.05) is 54.3 Å². The number of rotatable bonds is 4.